The maximum Gasteiger partial charge on any atom is 0.171 e. The van der Waals surface area contributed by atoms with Crippen molar-refractivity contribution in [3.05, 3.63) is 164 Å². The van der Waals surface area contributed by atoms with E-state index in [4.69, 9.17) is 8.83 Å². The number of rotatable bonds is 5. The van der Waals surface area contributed by atoms with Gasteiger partial charge >= 0.3 is 0 Å². The Labute approximate surface area is 265 Å². The van der Waals surface area contributed by atoms with Crippen molar-refractivity contribution in [1.82, 2.24) is 0 Å². The molecule has 0 fully saturated rings. The van der Waals surface area contributed by atoms with Gasteiger partial charge in [0, 0.05) is 37.5 Å². The first-order chi connectivity index (χ1) is 22.6. The summed E-state index contributed by atoms with van der Waals surface area (Å²) in [7, 11) is -3.09. The molecule has 0 aliphatic heterocycles. The highest BCUT2D eigenvalue weighted by Gasteiger charge is 2.29. The summed E-state index contributed by atoms with van der Waals surface area (Å²) in [6.45, 7) is 0. The molecule has 2 aromatic heterocycles. The van der Waals surface area contributed by atoms with Crippen LogP contribution in [0.4, 0.5) is 0 Å². The molecular weight excluding hydrogens is 583 g/mol. The number of furan rings is 2. The zero-order chi connectivity index (χ0) is 30.7. The van der Waals surface area contributed by atoms with Crippen LogP contribution in [0.25, 0.3) is 66.1 Å². The Balaban J connectivity index is 1.16. The number of para-hydroxylation sites is 1. The molecule has 0 unspecified atom stereocenters. The van der Waals surface area contributed by atoms with Crippen LogP contribution in [0.1, 0.15) is 0 Å². The minimum atomic E-state index is -3.09. The van der Waals surface area contributed by atoms with Crippen LogP contribution >= 0.6 is 7.14 Å². The highest BCUT2D eigenvalue weighted by molar-refractivity contribution is 7.85. The summed E-state index contributed by atoms with van der Waals surface area (Å²) in [5.41, 5.74) is 7.75. The van der Waals surface area contributed by atoms with Gasteiger partial charge in [0.05, 0.1) is 0 Å². The monoisotopic (exact) mass is 610 g/mol. The third-order valence-electron chi connectivity index (χ3n) is 8.96. The molecule has 9 rings (SSSR count). The Kier molecular flexibility index (Phi) is 6.09. The van der Waals surface area contributed by atoms with Crippen LogP contribution in [0, 0.1) is 0 Å². The van der Waals surface area contributed by atoms with Gasteiger partial charge in [-0.1, -0.05) is 115 Å². The van der Waals surface area contributed by atoms with Crippen LogP contribution in [0.15, 0.2) is 173 Å². The second kappa shape index (κ2) is 10.5. The van der Waals surface area contributed by atoms with Gasteiger partial charge in [-0.3, -0.25) is 0 Å². The van der Waals surface area contributed by atoms with Crippen molar-refractivity contribution in [2.24, 2.45) is 0 Å². The molecule has 0 atom stereocenters. The average molecular weight is 611 g/mol. The topological polar surface area (TPSA) is 43.4 Å². The van der Waals surface area contributed by atoms with Gasteiger partial charge in [-0.15, -0.1) is 0 Å². The number of hydrogen-bond acceptors (Lipinski definition) is 3. The second-order valence-electron chi connectivity index (χ2n) is 11.7. The lowest BCUT2D eigenvalue weighted by atomic mass is 9.99. The van der Waals surface area contributed by atoms with E-state index >= 15 is 4.57 Å². The fourth-order valence-corrected chi connectivity index (χ4v) is 9.34. The largest absolute Gasteiger partial charge is 0.456 e. The number of benzene rings is 7. The minimum Gasteiger partial charge on any atom is -0.456 e. The molecule has 7 aromatic carbocycles. The zero-order valence-electron chi connectivity index (χ0n) is 24.8. The van der Waals surface area contributed by atoms with Gasteiger partial charge in [0.1, 0.15) is 22.3 Å². The molecule has 0 aliphatic rings. The van der Waals surface area contributed by atoms with E-state index in [1.807, 2.05) is 97.1 Å². The van der Waals surface area contributed by atoms with Crippen LogP contribution in [0.5, 0.6) is 0 Å². The van der Waals surface area contributed by atoms with Crippen molar-refractivity contribution >= 4 is 66.9 Å². The second-order valence-corrected chi connectivity index (χ2v) is 14.4. The van der Waals surface area contributed by atoms with Gasteiger partial charge in [-0.2, -0.15) is 0 Å². The van der Waals surface area contributed by atoms with E-state index in [0.29, 0.717) is 0 Å². The summed E-state index contributed by atoms with van der Waals surface area (Å²) in [4.78, 5) is 0. The van der Waals surface area contributed by atoms with Gasteiger partial charge in [0.25, 0.3) is 0 Å². The lowest BCUT2D eigenvalue weighted by molar-refractivity contribution is 0.592. The first-order valence-electron chi connectivity index (χ1n) is 15.4. The normalized spacial score (nSPS) is 12.0. The summed E-state index contributed by atoms with van der Waals surface area (Å²) in [5, 5.41) is 6.78. The van der Waals surface area contributed by atoms with E-state index < -0.39 is 7.14 Å². The van der Waals surface area contributed by atoms with E-state index in [0.717, 1.165) is 82.0 Å². The first kappa shape index (κ1) is 26.7. The molecule has 2 heterocycles. The van der Waals surface area contributed by atoms with Crippen LogP contribution in [-0.2, 0) is 4.57 Å². The van der Waals surface area contributed by atoms with E-state index in [9.17, 15) is 0 Å². The predicted octanol–water partition coefficient (Wildman–Crippen LogP) is 10.5. The minimum absolute atomic E-state index is 0.809. The van der Waals surface area contributed by atoms with Crippen molar-refractivity contribution in [3.8, 4) is 22.3 Å². The standard InChI is InChI=1S/C42H27O3P/c43-46(32-11-3-1-4-12-32,33-13-5-2-6-14-33)34-15-9-10-28(24-34)29-18-22-41-37(26-29)38-27-31(20-23-42(38)45-41)30-19-21-40-36(25-30)35-16-7-8-17-39(35)44-40/h1-27H. The Hall–Kier alpha value is -5.63. The van der Waals surface area contributed by atoms with Crippen molar-refractivity contribution in [3.63, 3.8) is 0 Å². The highest BCUT2D eigenvalue weighted by Crippen LogP contribution is 2.43. The Morgan fingerprint density at radius 3 is 1.28 bits per heavy atom. The molecule has 0 N–H and O–H groups in total. The highest BCUT2D eigenvalue weighted by atomic mass is 31.2. The van der Waals surface area contributed by atoms with Crippen LogP contribution in [-0.4, -0.2) is 0 Å². The lowest BCUT2D eigenvalue weighted by Gasteiger charge is -2.20. The van der Waals surface area contributed by atoms with Gasteiger partial charge in [-0.05, 0) is 70.8 Å². The van der Waals surface area contributed by atoms with Gasteiger partial charge in [0.2, 0.25) is 0 Å². The molecule has 3 nitrogen and oxygen atoms in total. The lowest BCUT2D eigenvalue weighted by Crippen LogP contribution is -2.25. The third-order valence-corrected chi connectivity index (χ3v) is 12.0. The first-order valence-corrected chi connectivity index (χ1v) is 17.1. The van der Waals surface area contributed by atoms with Crippen LogP contribution < -0.4 is 15.9 Å². The van der Waals surface area contributed by atoms with Gasteiger partial charge < -0.3 is 13.4 Å². The fourth-order valence-electron chi connectivity index (χ4n) is 6.65. The Bertz CT molecular complexity index is 2570. The molecule has 9 aromatic rings. The van der Waals surface area contributed by atoms with Crippen LogP contribution in [0.3, 0.4) is 0 Å². The zero-order valence-corrected chi connectivity index (χ0v) is 25.7. The Morgan fingerprint density at radius 2 is 0.739 bits per heavy atom. The predicted molar refractivity (Wildman–Crippen MR) is 191 cm³/mol. The van der Waals surface area contributed by atoms with Crippen LogP contribution in [0.2, 0.25) is 0 Å². The SMILES string of the molecule is O=P(c1ccccc1)(c1ccccc1)c1cccc(-c2ccc3oc4ccc(-c5ccc6oc7ccccc7c6c5)cc4c3c2)c1. The molecule has 218 valence electrons. The quantitative estimate of drug-likeness (QED) is 0.182. The maximum absolute atomic E-state index is 15.0. The molecule has 0 radical (unpaired) electrons. The number of fused-ring (bicyclic) bond motifs is 6. The smallest absolute Gasteiger partial charge is 0.171 e. The summed E-state index contributed by atoms with van der Waals surface area (Å²) in [6, 6.07) is 55.0. The Morgan fingerprint density at radius 1 is 0.326 bits per heavy atom. The molecule has 0 aliphatic carbocycles. The van der Waals surface area contributed by atoms with Crippen molar-refractivity contribution in [2.75, 3.05) is 0 Å². The van der Waals surface area contributed by atoms with Gasteiger partial charge in [0.15, 0.2) is 7.14 Å². The fraction of sp³-hybridized carbons (Fsp3) is 0. The maximum atomic E-state index is 15.0. The van der Waals surface area contributed by atoms with Gasteiger partial charge in [-0.25, -0.2) is 0 Å². The third kappa shape index (κ3) is 4.24. The van der Waals surface area contributed by atoms with E-state index in [1.54, 1.807) is 0 Å². The average Bonchev–Trinajstić information content (AvgIpc) is 3.69. The summed E-state index contributed by atoms with van der Waals surface area (Å²) < 4.78 is 27.4. The van der Waals surface area contributed by atoms with Crippen molar-refractivity contribution < 1.29 is 13.4 Å². The summed E-state index contributed by atoms with van der Waals surface area (Å²) in [5.74, 6) is 0. The van der Waals surface area contributed by atoms with Crippen molar-refractivity contribution in [2.45, 2.75) is 0 Å². The van der Waals surface area contributed by atoms with E-state index in [2.05, 4.69) is 66.7 Å². The molecule has 0 saturated carbocycles. The van der Waals surface area contributed by atoms with E-state index in [1.165, 1.54) is 0 Å². The summed E-state index contributed by atoms with van der Waals surface area (Å²) >= 11 is 0. The molecular formula is C42H27O3P. The summed E-state index contributed by atoms with van der Waals surface area (Å²) in [6.07, 6.45) is 0. The number of hydrogen-bond donors (Lipinski definition) is 0. The molecule has 0 amide bonds. The molecule has 4 heteroatoms. The molecule has 46 heavy (non-hydrogen) atoms. The molecule has 0 bridgehead atoms. The van der Waals surface area contributed by atoms with E-state index in [-0.39, 0.29) is 0 Å². The molecule has 0 spiro atoms. The van der Waals surface area contributed by atoms with Crippen molar-refractivity contribution in [1.29, 1.82) is 0 Å². The molecule has 0 saturated heterocycles.